The number of furan rings is 1. The van der Waals surface area contributed by atoms with Gasteiger partial charge >= 0.3 is 0 Å². The van der Waals surface area contributed by atoms with E-state index in [0.29, 0.717) is 17.8 Å². The van der Waals surface area contributed by atoms with E-state index in [0.717, 1.165) is 13.0 Å². The highest BCUT2D eigenvalue weighted by molar-refractivity contribution is 6.03. The van der Waals surface area contributed by atoms with Crippen molar-refractivity contribution in [2.45, 2.75) is 13.0 Å². The van der Waals surface area contributed by atoms with E-state index in [4.69, 9.17) is 4.42 Å². The number of carbonyl (C=O) groups is 2. The smallest absolute Gasteiger partial charge is 0.291 e. The van der Waals surface area contributed by atoms with Crippen LogP contribution in [0.25, 0.3) is 10.9 Å². The molecule has 6 heteroatoms. The van der Waals surface area contributed by atoms with E-state index in [2.05, 4.69) is 39.6 Å². The molecule has 4 aromatic rings. The quantitative estimate of drug-likeness (QED) is 0.464. The van der Waals surface area contributed by atoms with Crippen molar-refractivity contribution in [2.24, 2.45) is 0 Å². The van der Waals surface area contributed by atoms with Crippen LogP contribution >= 0.6 is 0 Å². The molecule has 0 spiro atoms. The molecule has 6 nitrogen and oxygen atoms in total. The molecule has 0 aliphatic rings. The number of fused-ring (bicyclic) bond motifs is 1. The van der Waals surface area contributed by atoms with Gasteiger partial charge in [0.25, 0.3) is 11.8 Å². The Morgan fingerprint density at radius 3 is 2.69 bits per heavy atom. The van der Waals surface area contributed by atoms with Crippen LogP contribution in [-0.2, 0) is 6.54 Å². The van der Waals surface area contributed by atoms with Gasteiger partial charge in [0.2, 0.25) is 0 Å². The van der Waals surface area contributed by atoms with Crippen LogP contribution in [0.2, 0.25) is 0 Å². The molecule has 0 saturated heterocycles. The molecule has 0 radical (unpaired) electrons. The summed E-state index contributed by atoms with van der Waals surface area (Å²) in [6.07, 6.45) is 4.33. The minimum Gasteiger partial charge on any atom is -0.459 e. The van der Waals surface area contributed by atoms with E-state index in [1.54, 1.807) is 36.4 Å². The number of benzene rings is 2. The van der Waals surface area contributed by atoms with Gasteiger partial charge < -0.3 is 19.6 Å². The second-order valence-electron chi connectivity index (χ2n) is 6.69. The number of hydrogen-bond donors (Lipinski definition) is 2. The van der Waals surface area contributed by atoms with Crippen LogP contribution < -0.4 is 10.6 Å². The van der Waals surface area contributed by atoms with Crippen molar-refractivity contribution in [2.75, 3.05) is 11.9 Å². The van der Waals surface area contributed by atoms with Gasteiger partial charge in [-0.25, -0.2) is 0 Å². The Bertz CT molecular complexity index is 1130. The van der Waals surface area contributed by atoms with Crippen LogP contribution in [0.15, 0.2) is 83.6 Å². The van der Waals surface area contributed by atoms with Crippen LogP contribution in [-0.4, -0.2) is 22.9 Å². The van der Waals surface area contributed by atoms with Gasteiger partial charge in [-0.1, -0.05) is 24.3 Å². The molecular weight excluding hydrogens is 366 g/mol. The number of hydrogen-bond acceptors (Lipinski definition) is 3. The summed E-state index contributed by atoms with van der Waals surface area (Å²) in [4.78, 5) is 24.5. The summed E-state index contributed by atoms with van der Waals surface area (Å²) in [5.41, 5.74) is 2.23. The molecule has 2 heterocycles. The topological polar surface area (TPSA) is 76.3 Å². The first kappa shape index (κ1) is 18.6. The van der Waals surface area contributed by atoms with Crippen LogP contribution in [0.1, 0.15) is 27.3 Å². The molecule has 0 unspecified atom stereocenters. The SMILES string of the molecule is O=C(NCCCn1ccc2ccccc21)c1cccc(NC(=O)c2ccco2)c1. The summed E-state index contributed by atoms with van der Waals surface area (Å²) >= 11 is 0. The van der Waals surface area contributed by atoms with E-state index in [1.807, 2.05) is 12.1 Å². The average molecular weight is 387 g/mol. The van der Waals surface area contributed by atoms with Crippen molar-refractivity contribution in [3.8, 4) is 0 Å². The molecule has 0 aliphatic heterocycles. The maximum Gasteiger partial charge on any atom is 0.291 e. The largest absolute Gasteiger partial charge is 0.459 e. The number of rotatable bonds is 7. The number of amides is 2. The third-order valence-electron chi connectivity index (χ3n) is 4.67. The Labute approximate surface area is 168 Å². The highest BCUT2D eigenvalue weighted by Crippen LogP contribution is 2.15. The maximum absolute atomic E-state index is 12.4. The van der Waals surface area contributed by atoms with Gasteiger partial charge in [-0.15, -0.1) is 0 Å². The molecule has 2 N–H and O–H groups in total. The Balaban J connectivity index is 1.30. The fourth-order valence-electron chi connectivity index (χ4n) is 3.23. The zero-order chi connectivity index (χ0) is 20.1. The van der Waals surface area contributed by atoms with Gasteiger partial charge in [0, 0.05) is 36.1 Å². The Kier molecular flexibility index (Phi) is 5.42. The number of para-hydroxylation sites is 1. The first-order valence-electron chi connectivity index (χ1n) is 9.48. The number of aryl methyl sites for hydroxylation is 1. The lowest BCUT2D eigenvalue weighted by Gasteiger charge is -2.09. The summed E-state index contributed by atoms with van der Waals surface area (Å²) in [5.74, 6) is -0.305. The molecule has 4 rings (SSSR count). The Hall–Kier alpha value is -3.80. The van der Waals surface area contributed by atoms with E-state index in [1.165, 1.54) is 17.2 Å². The fourth-order valence-corrected chi connectivity index (χ4v) is 3.23. The highest BCUT2D eigenvalue weighted by atomic mass is 16.3. The second kappa shape index (κ2) is 8.48. The van der Waals surface area contributed by atoms with Crippen molar-refractivity contribution < 1.29 is 14.0 Å². The number of nitrogens with zero attached hydrogens (tertiary/aromatic N) is 1. The minimum atomic E-state index is -0.355. The lowest BCUT2D eigenvalue weighted by Crippen LogP contribution is -2.25. The summed E-state index contributed by atoms with van der Waals surface area (Å²) in [6, 6.07) is 20.4. The van der Waals surface area contributed by atoms with Crippen LogP contribution in [0.5, 0.6) is 0 Å². The van der Waals surface area contributed by atoms with Crippen LogP contribution in [0.3, 0.4) is 0 Å². The van der Waals surface area contributed by atoms with Gasteiger partial charge in [0.15, 0.2) is 5.76 Å². The molecule has 0 bridgehead atoms. The molecule has 146 valence electrons. The molecule has 2 aromatic carbocycles. The number of nitrogens with one attached hydrogen (secondary N) is 2. The molecule has 0 saturated carbocycles. The standard InChI is InChI=1S/C23H21N3O3/c27-22(24-12-5-13-26-14-11-17-6-1-2-9-20(17)26)18-7-3-8-19(16-18)25-23(28)21-10-4-15-29-21/h1-4,6-11,14-16H,5,12-13H2,(H,24,27)(H,25,28). The monoisotopic (exact) mass is 387 g/mol. The first-order valence-corrected chi connectivity index (χ1v) is 9.48. The maximum atomic E-state index is 12.4. The summed E-state index contributed by atoms with van der Waals surface area (Å²) in [7, 11) is 0. The van der Waals surface area contributed by atoms with Gasteiger partial charge in [0.1, 0.15) is 0 Å². The third kappa shape index (κ3) is 4.38. The molecule has 0 aliphatic carbocycles. The molecule has 29 heavy (non-hydrogen) atoms. The summed E-state index contributed by atoms with van der Waals surface area (Å²) in [6.45, 7) is 1.39. The summed E-state index contributed by atoms with van der Waals surface area (Å²) < 4.78 is 7.26. The number of carbonyl (C=O) groups excluding carboxylic acids is 2. The van der Waals surface area contributed by atoms with E-state index in [-0.39, 0.29) is 17.6 Å². The highest BCUT2D eigenvalue weighted by Gasteiger charge is 2.11. The normalized spacial score (nSPS) is 10.8. The summed E-state index contributed by atoms with van der Waals surface area (Å²) in [5, 5.41) is 6.87. The van der Waals surface area contributed by atoms with Gasteiger partial charge in [0.05, 0.1) is 6.26 Å². The zero-order valence-electron chi connectivity index (χ0n) is 15.8. The zero-order valence-corrected chi connectivity index (χ0v) is 15.8. The number of aromatic nitrogens is 1. The first-order chi connectivity index (χ1) is 14.2. The Morgan fingerprint density at radius 1 is 0.931 bits per heavy atom. The molecule has 2 aromatic heterocycles. The van der Waals surface area contributed by atoms with E-state index < -0.39 is 0 Å². The molecular formula is C23H21N3O3. The van der Waals surface area contributed by atoms with Crippen molar-refractivity contribution in [3.63, 3.8) is 0 Å². The number of anilines is 1. The van der Waals surface area contributed by atoms with E-state index >= 15 is 0 Å². The van der Waals surface area contributed by atoms with Crippen LogP contribution in [0.4, 0.5) is 5.69 Å². The minimum absolute atomic E-state index is 0.170. The third-order valence-corrected chi connectivity index (χ3v) is 4.67. The average Bonchev–Trinajstić information content (AvgIpc) is 3.42. The van der Waals surface area contributed by atoms with Gasteiger partial charge in [-0.2, -0.15) is 0 Å². The van der Waals surface area contributed by atoms with Gasteiger partial charge in [-0.05, 0) is 54.3 Å². The lowest BCUT2D eigenvalue weighted by atomic mass is 10.2. The van der Waals surface area contributed by atoms with Gasteiger partial charge in [-0.3, -0.25) is 9.59 Å². The molecule has 2 amide bonds. The molecule has 0 atom stereocenters. The van der Waals surface area contributed by atoms with Crippen molar-refractivity contribution in [3.05, 3.63) is 90.5 Å². The van der Waals surface area contributed by atoms with E-state index in [9.17, 15) is 9.59 Å². The van der Waals surface area contributed by atoms with Crippen molar-refractivity contribution in [1.29, 1.82) is 0 Å². The molecule has 0 fully saturated rings. The second-order valence-corrected chi connectivity index (χ2v) is 6.69. The predicted octanol–water partition coefficient (Wildman–Crippen LogP) is 4.31. The van der Waals surface area contributed by atoms with Crippen LogP contribution in [0, 0.1) is 0 Å². The fraction of sp³-hybridized carbons (Fsp3) is 0.130. The van der Waals surface area contributed by atoms with Crippen molar-refractivity contribution >= 4 is 28.4 Å². The Morgan fingerprint density at radius 2 is 1.83 bits per heavy atom. The van der Waals surface area contributed by atoms with Crippen molar-refractivity contribution in [1.82, 2.24) is 9.88 Å². The predicted molar refractivity (Wildman–Crippen MR) is 112 cm³/mol. The lowest BCUT2D eigenvalue weighted by molar-refractivity contribution is 0.0950.